The summed E-state index contributed by atoms with van der Waals surface area (Å²) in [5.74, 6) is 1.81. The Morgan fingerprint density at radius 3 is 2.87 bits per heavy atom. The van der Waals surface area contributed by atoms with Crippen LogP contribution in [0.25, 0.3) is 6.08 Å². The highest BCUT2D eigenvalue weighted by Crippen LogP contribution is 2.38. The third-order valence-electron chi connectivity index (χ3n) is 3.91. The smallest absolute Gasteiger partial charge is 0.337 e. The van der Waals surface area contributed by atoms with Gasteiger partial charge in [-0.1, -0.05) is 17.5 Å². The van der Waals surface area contributed by atoms with Gasteiger partial charge in [-0.2, -0.15) is 0 Å². The van der Waals surface area contributed by atoms with Crippen molar-refractivity contribution in [3.63, 3.8) is 0 Å². The molecule has 0 aliphatic carbocycles. The Balaban J connectivity index is 1.87. The van der Waals surface area contributed by atoms with Gasteiger partial charge in [0.15, 0.2) is 16.7 Å². The van der Waals surface area contributed by atoms with E-state index >= 15 is 0 Å². The summed E-state index contributed by atoms with van der Waals surface area (Å²) in [5.41, 5.74) is 0.971. The zero-order valence-corrected chi connectivity index (χ0v) is 19.1. The highest BCUT2D eigenvalue weighted by atomic mass is 79.9. The van der Waals surface area contributed by atoms with Crippen molar-refractivity contribution in [3.05, 3.63) is 55.9 Å². The molecule has 10 heteroatoms. The summed E-state index contributed by atoms with van der Waals surface area (Å²) >= 11 is 10.4. The number of hydrogen-bond acceptors (Lipinski definition) is 6. The number of methoxy groups -OCH3 is 1. The van der Waals surface area contributed by atoms with Crippen LogP contribution in [0.15, 0.2) is 44.7 Å². The van der Waals surface area contributed by atoms with E-state index in [4.69, 9.17) is 27.5 Å². The molecule has 1 fully saturated rings. The number of nitrogens with one attached hydrogen (secondary N) is 1. The van der Waals surface area contributed by atoms with Gasteiger partial charge in [-0.05, 0) is 69.7 Å². The molecule has 0 saturated carbocycles. The minimum Gasteiger partial charge on any atom is -0.493 e. The standard InChI is InChI=1S/C21H14BrClN2O5S/c1-3-6-30-18-14(22)7-11(8-16(18)29-2)9-17-19(26)25-21(31-17)24-12-4-5-15(23)13(10-12)20(27)28/h1,4-5,7-10H,6H2,2H3,(H,27,28)(H,24,25,26)/b17-9-. The van der Waals surface area contributed by atoms with Crippen LogP contribution in [0.3, 0.4) is 0 Å². The number of rotatable bonds is 6. The predicted molar refractivity (Wildman–Crippen MR) is 124 cm³/mol. The fourth-order valence-electron chi connectivity index (χ4n) is 2.57. The number of hydrogen-bond donors (Lipinski definition) is 2. The van der Waals surface area contributed by atoms with Crippen LogP contribution in [-0.2, 0) is 4.79 Å². The molecule has 1 heterocycles. The first-order chi connectivity index (χ1) is 14.8. The van der Waals surface area contributed by atoms with Crippen molar-refractivity contribution in [2.75, 3.05) is 13.7 Å². The molecule has 0 aromatic heterocycles. The molecule has 2 aromatic carbocycles. The molecule has 1 saturated heterocycles. The van der Waals surface area contributed by atoms with E-state index in [2.05, 4.69) is 32.2 Å². The van der Waals surface area contributed by atoms with Gasteiger partial charge >= 0.3 is 5.97 Å². The van der Waals surface area contributed by atoms with Gasteiger partial charge in [0, 0.05) is 0 Å². The van der Waals surface area contributed by atoms with Gasteiger partial charge in [-0.15, -0.1) is 6.42 Å². The molecular weight excluding hydrogens is 508 g/mol. The summed E-state index contributed by atoms with van der Waals surface area (Å²) in [7, 11) is 1.50. The van der Waals surface area contributed by atoms with E-state index in [1.165, 1.54) is 19.2 Å². The zero-order valence-electron chi connectivity index (χ0n) is 15.9. The Kier molecular flexibility index (Phi) is 7.28. The maximum absolute atomic E-state index is 12.4. The molecule has 31 heavy (non-hydrogen) atoms. The number of carboxylic acid groups (broad SMARTS) is 1. The van der Waals surface area contributed by atoms with E-state index in [-0.39, 0.29) is 23.1 Å². The van der Waals surface area contributed by atoms with Crippen LogP contribution in [0.1, 0.15) is 15.9 Å². The second-order valence-corrected chi connectivity index (χ2v) is 8.27. The number of terminal acetylenes is 1. The number of aliphatic imine (C=N–C) groups is 1. The van der Waals surface area contributed by atoms with Crippen LogP contribution >= 0.6 is 39.3 Å². The van der Waals surface area contributed by atoms with Crippen molar-refractivity contribution in [3.8, 4) is 23.8 Å². The molecule has 0 atom stereocenters. The number of ether oxygens (including phenoxy) is 2. The third kappa shape index (κ3) is 5.41. The average Bonchev–Trinajstić information content (AvgIpc) is 3.06. The van der Waals surface area contributed by atoms with E-state index in [1.807, 2.05) is 0 Å². The second-order valence-electron chi connectivity index (χ2n) is 5.98. The van der Waals surface area contributed by atoms with Gasteiger partial charge in [0.25, 0.3) is 5.91 Å². The molecule has 0 spiro atoms. The van der Waals surface area contributed by atoms with E-state index in [0.29, 0.717) is 37.3 Å². The van der Waals surface area contributed by atoms with Crippen LogP contribution in [-0.4, -0.2) is 35.9 Å². The van der Waals surface area contributed by atoms with Crippen molar-refractivity contribution in [2.45, 2.75) is 0 Å². The third-order valence-corrected chi connectivity index (χ3v) is 5.74. The van der Waals surface area contributed by atoms with Gasteiger partial charge in [-0.3, -0.25) is 4.79 Å². The monoisotopic (exact) mass is 520 g/mol. The average molecular weight is 522 g/mol. The number of amides is 1. The zero-order chi connectivity index (χ0) is 22.5. The summed E-state index contributed by atoms with van der Waals surface area (Å²) in [6.07, 6.45) is 6.91. The number of carbonyl (C=O) groups is 2. The largest absolute Gasteiger partial charge is 0.493 e. The Hall–Kier alpha value is -2.93. The topological polar surface area (TPSA) is 97.2 Å². The quantitative estimate of drug-likeness (QED) is 0.422. The Morgan fingerprint density at radius 2 is 2.19 bits per heavy atom. The highest BCUT2D eigenvalue weighted by Gasteiger charge is 2.24. The first kappa shape index (κ1) is 22.7. The number of thioether (sulfide) groups is 1. The normalized spacial score (nSPS) is 15.6. The van der Waals surface area contributed by atoms with E-state index in [9.17, 15) is 14.7 Å². The molecule has 1 aliphatic rings. The minimum absolute atomic E-state index is 0.0716. The molecule has 0 unspecified atom stereocenters. The van der Waals surface area contributed by atoms with Crippen LogP contribution in [0.4, 0.5) is 5.69 Å². The SMILES string of the molecule is C#CCOc1c(Br)cc(/C=C2\SC(=Nc3ccc(Cl)c(C(=O)O)c3)NC2=O)cc1OC. The number of amidine groups is 1. The number of carbonyl (C=O) groups excluding carboxylic acids is 1. The van der Waals surface area contributed by atoms with Crippen molar-refractivity contribution >= 4 is 68.1 Å². The summed E-state index contributed by atoms with van der Waals surface area (Å²) in [4.78, 5) is 28.3. The van der Waals surface area contributed by atoms with Gasteiger partial charge < -0.3 is 19.9 Å². The molecule has 2 aromatic rings. The van der Waals surface area contributed by atoms with E-state index in [1.54, 1.807) is 24.3 Å². The fourth-order valence-corrected chi connectivity index (χ4v) is 4.19. The summed E-state index contributed by atoms with van der Waals surface area (Å²) in [6, 6.07) is 7.82. The van der Waals surface area contributed by atoms with Gasteiger partial charge in [-0.25, -0.2) is 9.79 Å². The Bertz CT molecular complexity index is 1170. The van der Waals surface area contributed by atoms with Crippen LogP contribution in [0.2, 0.25) is 5.02 Å². The van der Waals surface area contributed by atoms with Crippen LogP contribution in [0, 0.1) is 12.3 Å². The van der Waals surface area contributed by atoms with Gasteiger partial charge in [0.2, 0.25) is 0 Å². The van der Waals surface area contributed by atoms with Crippen molar-refractivity contribution in [1.29, 1.82) is 0 Å². The molecule has 3 rings (SSSR count). The summed E-state index contributed by atoms with van der Waals surface area (Å²) in [6.45, 7) is 0.0851. The first-order valence-corrected chi connectivity index (χ1v) is 10.6. The molecule has 2 N–H and O–H groups in total. The van der Waals surface area contributed by atoms with Crippen LogP contribution in [0.5, 0.6) is 11.5 Å². The number of nitrogens with zero attached hydrogens (tertiary/aromatic N) is 1. The second kappa shape index (κ2) is 9.92. The van der Waals surface area contributed by atoms with Gasteiger partial charge in [0.05, 0.1) is 32.8 Å². The number of carboxylic acids is 1. The lowest BCUT2D eigenvalue weighted by Crippen LogP contribution is -2.19. The molecule has 7 nitrogen and oxygen atoms in total. The molecule has 0 radical (unpaired) electrons. The fraction of sp³-hybridized carbons (Fsp3) is 0.0952. The molecule has 1 aliphatic heterocycles. The molecule has 1 amide bonds. The molecule has 0 bridgehead atoms. The number of benzene rings is 2. The van der Waals surface area contributed by atoms with Crippen molar-refractivity contribution < 1.29 is 24.2 Å². The summed E-state index contributed by atoms with van der Waals surface area (Å²) < 4.78 is 11.5. The highest BCUT2D eigenvalue weighted by molar-refractivity contribution is 9.10. The maximum Gasteiger partial charge on any atom is 0.337 e. The number of halogens is 2. The Morgan fingerprint density at radius 1 is 1.42 bits per heavy atom. The van der Waals surface area contributed by atoms with E-state index in [0.717, 1.165) is 11.8 Å². The predicted octanol–water partition coefficient (Wildman–Crippen LogP) is 4.71. The Labute approximate surface area is 195 Å². The maximum atomic E-state index is 12.4. The van der Waals surface area contributed by atoms with Gasteiger partial charge in [0.1, 0.15) is 6.61 Å². The summed E-state index contributed by atoms with van der Waals surface area (Å²) in [5, 5.41) is 12.3. The van der Waals surface area contributed by atoms with Crippen molar-refractivity contribution in [2.24, 2.45) is 4.99 Å². The van der Waals surface area contributed by atoms with E-state index < -0.39 is 5.97 Å². The molecule has 158 valence electrons. The molecular formula is C21H14BrClN2O5S. The first-order valence-electron chi connectivity index (χ1n) is 8.58. The number of aromatic carboxylic acids is 1. The van der Waals surface area contributed by atoms with Crippen LogP contribution < -0.4 is 14.8 Å². The lowest BCUT2D eigenvalue weighted by molar-refractivity contribution is -0.115. The lowest BCUT2D eigenvalue weighted by atomic mass is 10.2. The lowest BCUT2D eigenvalue weighted by Gasteiger charge is -2.12. The van der Waals surface area contributed by atoms with Crippen molar-refractivity contribution in [1.82, 2.24) is 5.32 Å². The minimum atomic E-state index is -1.16.